The number of phenolic OH excluding ortho intramolecular Hbond substituents is 1. The Labute approximate surface area is 161 Å². The molecule has 1 amide bonds. The molecule has 4 aliphatic heterocycles. The van der Waals surface area contributed by atoms with Crippen LogP contribution < -0.4 is 0 Å². The fourth-order valence-electron chi connectivity index (χ4n) is 5.40. The maximum absolute atomic E-state index is 13.2. The van der Waals surface area contributed by atoms with E-state index < -0.39 is 0 Å². The monoisotopic (exact) mass is 373 g/mol. The first-order valence-corrected chi connectivity index (χ1v) is 10.1. The van der Waals surface area contributed by atoms with Crippen LogP contribution >= 0.6 is 0 Å². The number of aromatic hydroxyl groups is 1. The van der Waals surface area contributed by atoms with Crippen LogP contribution in [0.2, 0.25) is 0 Å². The van der Waals surface area contributed by atoms with Crippen LogP contribution in [0.3, 0.4) is 0 Å². The van der Waals surface area contributed by atoms with Crippen LogP contribution in [0.4, 0.5) is 0 Å². The predicted molar refractivity (Wildman–Crippen MR) is 104 cm³/mol. The number of piperidine rings is 3. The average Bonchev–Trinajstić information content (AvgIpc) is 3.10. The fourth-order valence-corrected chi connectivity index (χ4v) is 5.40. The molecule has 6 heteroatoms. The lowest BCUT2D eigenvalue weighted by Crippen LogP contribution is -2.61. The first-order chi connectivity index (χ1) is 13.1. The zero-order valence-corrected chi connectivity index (χ0v) is 16.4. The van der Waals surface area contributed by atoms with E-state index in [1.54, 1.807) is 13.2 Å². The number of hydrogen-bond acceptors (Lipinski definition) is 5. The summed E-state index contributed by atoms with van der Waals surface area (Å²) in [6.07, 6.45) is 2.38. The largest absolute Gasteiger partial charge is 0.508 e. The van der Waals surface area contributed by atoms with Crippen LogP contribution in [0.15, 0.2) is 24.3 Å². The van der Waals surface area contributed by atoms with Crippen LogP contribution in [-0.4, -0.2) is 91.3 Å². The van der Waals surface area contributed by atoms with Crippen molar-refractivity contribution in [1.82, 2.24) is 14.7 Å². The minimum Gasteiger partial charge on any atom is -0.508 e. The molecular formula is C21H31N3O3. The van der Waals surface area contributed by atoms with Gasteiger partial charge in [-0.3, -0.25) is 14.6 Å². The minimum atomic E-state index is 0.222. The van der Waals surface area contributed by atoms with Gasteiger partial charge in [-0.05, 0) is 56.6 Å². The highest BCUT2D eigenvalue weighted by Crippen LogP contribution is 2.46. The quantitative estimate of drug-likeness (QED) is 0.816. The Morgan fingerprint density at radius 1 is 1.30 bits per heavy atom. The van der Waals surface area contributed by atoms with Gasteiger partial charge in [-0.2, -0.15) is 0 Å². The van der Waals surface area contributed by atoms with Crippen LogP contribution in [0.25, 0.3) is 0 Å². The molecule has 4 fully saturated rings. The highest BCUT2D eigenvalue weighted by molar-refractivity contribution is 5.79. The van der Waals surface area contributed by atoms with Gasteiger partial charge >= 0.3 is 0 Å². The zero-order valence-electron chi connectivity index (χ0n) is 16.4. The van der Waals surface area contributed by atoms with E-state index in [0.29, 0.717) is 36.9 Å². The highest BCUT2D eigenvalue weighted by Gasteiger charge is 2.54. The number of benzene rings is 1. The van der Waals surface area contributed by atoms with Crippen molar-refractivity contribution in [3.8, 4) is 5.75 Å². The van der Waals surface area contributed by atoms with Crippen LogP contribution in [-0.2, 0) is 9.53 Å². The molecule has 148 valence electrons. The molecular weight excluding hydrogens is 342 g/mol. The lowest BCUT2D eigenvalue weighted by Gasteiger charge is -2.51. The Kier molecular flexibility index (Phi) is 5.39. The maximum atomic E-state index is 13.2. The highest BCUT2D eigenvalue weighted by atomic mass is 16.5. The predicted octanol–water partition coefficient (Wildman–Crippen LogP) is 1.36. The van der Waals surface area contributed by atoms with Gasteiger partial charge in [-0.25, -0.2) is 0 Å². The Bertz CT molecular complexity index is 674. The molecule has 0 saturated carbocycles. The van der Waals surface area contributed by atoms with Gasteiger partial charge in [0.25, 0.3) is 0 Å². The molecule has 0 aliphatic carbocycles. The summed E-state index contributed by atoms with van der Waals surface area (Å²) in [6, 6.07) is 8.30. The van der Waals surface area contributed by atoms with Crippen molar-refractivity contribution >= 4 is 5.91 Å². The molecule has 6 nitrogen and oxygen atoms in total. The summed E-state index contributed by atoms with van der Waals surface area (Å²) in [7, 11) is 3.67. The number of amides is 1. The molecule has 0 aromatic heterocycles. The molecule has 1 aromatic carbocycles. The van der Waals surface area contributed by atoms with Gasteiger partial charge in [-0.15, -0.1) is 0 Å². The number of nitrogens with zero attached hydrogens (tertiary/aromatic N) is 3. The molecule has 4 saturated heterocycles. The van der Waals surface area contributed by atoms with Gasteiger partial charge in [0.1, 0.15) is 5.75 Å². The molecule has 4 aliphatic rings. The van der Waals surface area contributed by atoms with Crippen molar-refractivity contribution in [2.24, 2.45) is 5.92 Å². The summed E-state index contributed by atoms with van der Waals surface area (Å²) in [4.78, 5) is 20.0. The van der Waals surface area contributed by atoms with Gasteiger partial charge in [-0.1, -0.05) is 12.1 Å². The molecule has 2 bridgehead atoms. The van der Waals surface area contributed by atoms with E-state index in [-0.39, 0.29) is 11.8 Å². The number of fused-ring (bicyclic) bond motifs is 2. The van der Waals surface area contributed by atoms with E-state index in [4.69, 9.17) is 4.74 Å². The number of carbonyl (C=O) groups excluding carboxylic acids is 1. The third kappa shape index (κ3) is 3.58. The molecule has 27 heavy (non-hydrogen) atoms. The SMILES string of the molecule is COCCN(C)CC(=O)N1C[C@@H](c2cccc(O)c2)[C@@H]2[C@H]1C1CCN2CC1. The molecule has 1 N–H and O–H groups in total. The summed E-state index contributed by atoms with van der Waals surface area (Å²) in [5.74, 6) is 1.41. The first kappa shape index (κ1) is 18.7. The van der Waals surface area contributed by atoms with E-state index >= 15 is 0 Å². The number of methoxy groups -OCH3 is 1. The van der Waals surface area contributed by atoms with E-state index in [1.165, 1.54) is 12.8 Å². The summed E-state index contributed by atoms with van der Waals surface area (Å²) in [5, 5.41) is 9.97. The van der Waals surface area contributed by atoms with Crippen LogP contribution in [0.1, 0.15) is 24.3 Å². The van der Waals surface area contributed by atoms with Crippen LogP contribution in [0, 0.1) is 5.92 Å². The third-order valence-electron chi connectivity index (χ3n) is 6.70. The zero-order chi connectivity index (χ0) is 19.0. The van der Waals surface area contributed by atoms with Crippen molar-refractivity contribution in [1.29, 1.82) is 0 Å². The van der Waals surface area contributed by atoms with Gasteiger partial charge in [0.2, 0.25) is 5.91 Å². The van der Waals surface area contributed by atoms with Crippen molar-refractivity contribution in [3.05, 3.63) is 29.8 Å². The summed E-state index contributed by atoms with van der Waals surface area (Å²) in [6.45, 7) is 4.86. The molecule has 0 radical (unpaired) electrons. The lowest BCUT2D eigenvalue weighted by molar-refractivity contribution is -0.137. The second-order valence-electron chi connectivity index (χ2n) is 8.33. The first-order valence-electron chi connectivity index (χ1n) is 10.1. The van der Waals surface area contributed by atoms with Gasteiger partial charge in [0.05, 0.1) is 19.2 Å². The van der Waals surface area contributed by atoms with Crippen molar-refractivity contribution < 1.29 is 14.6 Å². The lowest BCUT2D eigenvalue weighted by atomic mass is 9.75. The summed E-state index contributed by atoms with van der Waals surface area (Å²) >= 11 is 0. The van der Waals surface area contributed by atoms with Gasteiger partial charge in [0.15, 0.2) is 0 Å². The topological polar surface area (TPSA) is 56.3 Å². The van der Waals surface area contributed by atoms with E-state index in [1.807, 2.05) is 24.1 Å². The number of ether oxygens (including phenoxy) is 1. The number of hydrogen-bond donors (Lipinski definition) is 1. The van der Waals surface area contributed by atoms with Crippen molar-refractivity contribution in [2.45, 2.75) is 30.8 Å². The number of carbonyl (C=O) groups is 1. The third-order valence-corrected chi connectivity index (χ3v) is 6.70. The maximum Gasteiger partial charge on any atom is 0.237 e. The Balaban J connectivity index is 1.56. The van der Waals surface area contributed by atoms with Crippen LogP contribution in [0.5, 0.6) is 5.75 Å². The van der Waals surface area contributed by atoms with Crippen molar-refractivity contribution in [3.63, 3.8) is 0 Å². The van der Waals surface area contributed by atoms with E-state index in [9.17, 15) is 9.90 Å². The smallest absolute Gasteiger partial charge is 0.237 e. The minimum absolute atomic E-state index is 0.222. The summed E-state index contributed by atoms with van der Waals surface area (Å²) in [5.41, 5.74) is 1.15. The number of likely N-dealkylation sites (tertiary alicyclic amines) is 1. The van der Waals surface area contributed by atoms with Gasteiger partial charge < -0.3 is 14.7 Å². The van der Waals surface area contributed by atoms with Crippen molar-refractivity contribution in [2.75, 3.05) is 53.5 Å². The second-order valence-corrected chi connectivity index (χ2v) is 8.33. The van der Waals surface area contributed by atoms with Gasteiger partial charge in [0, 0.05) is 32.2 Å². The summed E-state index contributed by atoms with van der Waals surface area (Å²) < 4.78 is 5.13. The van der Waals surface area contributed by atoms with E-state index in [2.05, 4.69) is 15.9 Å². The number of likely N-dealkylation sites (N-methyl/N-ethyl adjacent to an activating group) is 1. The number of rotatable bonds is 6. The second kappa shape index (κ2) is 7.78. The molecule has 0 spiro atoms. The Morgan fingerprint density at radius 2 is 2.07 bits per heavy atom. The standard InChI is InChI=1S/C21H31N3O3/c1-22(10-11-27-2)14-19(26)24-13-18(16-4-3-5-17(25)12-16)21-20(24)15-6-8-23(21)9-7-15/h3-5,12,15,18,20-21,25H,6-11,13-14H2,1-2H3/t18-,20+,21+/m0/s1. The molecule has 0 unspecified atom stereocenters. The normalized spacial score (nSPS) is 32.1. The fraction of sp³-hybridized carbons (Fsp3) is 0.667. The molecule has 4 heterocycles. The Hall–Kier alpha value is -1.63. The van der Waals surface area contributed by atoms with E-state index in [0.717, 1.165) is 31.7 Å². The average molecular weight is 373 g/mol. The number of phenols is 1. The molecule has 5 rings (SSSR count). The Morgan fingerprint density at radius 3 is 2.78 bits per heavy atom. The molecule has 1 aromatic rings. The molecule has 3 atom stereocenters.